The fourth-order valence-corrected chi connectivity index (χ4v) is 1.73. The topological polar surface area (TPSA) is 37.3 Å². The van der Waals surface area contributed by atoms with Crippen molar-refractivity contribution >= 4 is 33.5 Å². The predicted molar refractivity (Wildman–Crippen MR) is 55.1 cm³/mol. The van der Waals surface area contributed by atoms with Crippen LogP contribution < -0.4 is 0 Å². The van der Waals surface area contributed by atoms with E-state index in [0.717, 1.165) is 10.0 Å². The van der Waals surface area contributed by atoms with Gasteiger partial charge in [-0.2, -0.15) is 0 Å². The molecule has 0 aliphatic heterocycles. The summed E-state index contributed by atoms with van der Waals surface area (Å²) in [7, 11) is 0. The molecular weight excluding hydrogens is 255 g/mol. The molecule has 1 aromatic carbocycles. The number of benzene rings is 1. The molecule has 1 rings (SSSR count). The number of carboxylic acid groups (broad SMARTS) is 1. The van der Waals surface area contributed by atoms with Crippen LogP contribution >= 0.6 is 27.5 Å². The highest BCUT2D eigenvalue weighted by atomic mass is 79.9. The number of aryl methyl sites for hydroxylation is 1. The molecule has 2 nitrogen and oxygen atoms in total. The third-order valence-corrected chi connectivity index (χ3v) is 2.47. The normalized spacial score (nSPS) is 10.0. The maximum atomic E-state index is 10.3. The summed E-state index contributed by atoms with van der Waals surface area (Å²) >= 11 is 9.17. The van der Waals surface area contributed by atoms with Crippen LogP contribution in [0.15, 0.2) is 22.7 Å². The number of rotatable bonds is 3. The lowest BCUT2D eigenvalue weighted by molar-refractivity contribution is -0.136. The number of hydrogen-bond acceptors (Lipinski definition) is 1. The number of hydrogen-bond donors (Lipinski definition) is 1. The lowest BCUT2D eigenvalue weighted by Crippen LogP contribution is -1.97. The molecule has 70 valence electrons. The van der Waals surface area contributed by atoms with Gasteiger partial charge in [-0.3, -0.25) is 4.79 Å². The van der Waals surface area contributed by atoms with E-state index in [1.807, 2.05) is 12.1 Å². The predicted octanol–water partition coefficient (Wildman–Crippen LogP) is 3.12. The van der Waals surface area contributed by atoms with Gasteiger partial charge in [0.2, 0.25) is 0 Å². The first-order valence-electron chi connectivity index (χ1n) is 3.75. The first-order valence-corrected chi connectivity index (χ1v) is 4.92. The van der Waals surface area contributed by atoms with Gasteiger partial charge in [0.1, 0.15) is 0 Å². The van der Waals surface area contributed by atoms with Gasteiger partial charge in [0.05, 0.1) is 0 Å². The van der Waals surface area contributed by atoms with Crippen molar-refractivity contribution in [3.8, 4) is 0 Å². The van der Waals surface area contributed by atoms with Crippen LogP contribution in [0.25, 0.3) is 0 Å². The Labute approximate surface area is 89.7 Å². The largest absolute Gasteiger partial charge is 0.481 e. The molecule has 0 radical (unpaired) electrons. The molecule has 1 aromatic rings. The van der Waals surface area contributed by atoms with E-state index >= 15 is 0 Å². The van der Waals surface area contributed by atoms with Crippen molar-refractivity contribution in [2.75, 3.05) is 0 Å². The molecule has 1 N–H and O–H groups in total. The van der Waals surface area contributed by atoms with E-state index in [1.54, 1.807) is 6.07 Å². The average Bonchev–Trinajstić information content (AvgIpc) is 2.02. The molecule has 0 heterocycles. The fourth-order valence-electron chi connectivity index (χ4n) is 0.966. The van der Waals surface area contributed by atoms with Crippen molar-refractivity contribution in [2.24, 2.45) is 0 Å². The lowest BCUT2D eigenvalue weighted by atomic mass is 10.1. The zero-order chi connectivity index (χ0) is 9.84. The van der Waals surface area contributed by atoms with Gasteiger partial charge < -0.3 is 5.11 Å². The number of carboxylic acids is 1. The van der Waals surface area contributed by atoms with Crippen molar-refractivity contribution in [1.82, 2.24) is 0 Å². The number of carbonyl (C=O) groups is 1. The maximum absolute atomic E-state index is 10.3. The molecule has 0 fully saturated rings. The smallest absolute Gasteiger partial charge is 0.303 e. The average molecular weight is 264 g/mol. The van der Waals surface area contributed by atoms with Gasteiger partial charge >= 0.3 is 5.97 Å². The third-order valence-electron chi connectivity index (χ3n) is 1.62. The molecular formula is C9H8BrClO2. The van der Waals surface area contributed by atoms with Gasteiger partial charge in [0, 0.05) is 15.9 Å². The second-order valence-corrected chi connectivity index (χ2v) is 3.95. The second kappa shape index (κ2) is 4.63. The Morgan fingerprint density at radius 3 is 2.77 bits per heavy atom. The zero-order valence-electron chi connectivity index (χ0n) is 6.76. The van der Waals surface area contributed by atoms with Crippen molar-refractivity contribution in [3.63, 3.8) is 0 Å². The Morgan fingerprint density at radius 1 is 1.54 bits per heavy atom. The van der Waals surface area contributed by atoms with Gasteiger partial charge in [-0.1, -0.05) is 33.6 Å². The van der Waals surface area contributed by atoms with Crippen LogP contribution in [0.1, 0.15) is 12.0 Å². The third kappa shape index (κ3) is 3.36. The van der Waals surface area contributed by atoms with E-state index in [4.69, 9.17) is 16.7 Å². The van der Waals surface area contributed by atoms with E-state index in [1.165, 1.54) is 0 Å². The van der Waals surface area contributed by atoms with Crippen LogP contribution in [0, 0.1) is 0 Å². The summed E-state index contributed by atoms with van der Waals surface area (Å²) < 4.78 is 0.900. The minimum absolute atomic E-state index is 0.112. The van der Waals surface area contributed by atoms with Crippen molar-refractivity contribution < 1.29 is 9.90 Å². The minimum Gasteiger partial charge on any atom is -0.481 e. The molecule has 0 saturated carbocycles. The Hall–Kier alpha value is -0.540. The summed E-state index contributed by atoms with van der Waals surface area (Å²) in [5.41, 5.74) is 0.868. The van der Waals surface area contributed by atoms with Crippen LogP contribution in [-0.4, -0.2) is 11.1 Å². The molecule has 0 unspecified atom stereocenters. The summed E-state index contributed by atoms with van der Waals surface area (Å²) in [6.07, 6.45) is 0.586. The van der Waals surface area contributed by atoms with Crippen molar-refractivity contribution in [1.29, 1.82) is 0 Å². The number of aliphatic carboxylic acids is 1. The lowest BCUT2D eigenvalue weighted by Gasteiger charge is -2.02. The standard InChI is InChI=1S/C9H8BrClO2/c10-7-3-1-6(8(11)5-7)2-4-9(12)13/h1,3,5H,2,4H2,(H,12,13). The molecule has 0 atom stereocenters. The molecule has 0 saturated heterocycles. The van der Waals surface area contributed by atoms with Gasteiger partial charge in [-0.15, -0.1) is 0 Å². The first kappa shape index (κ1) is 10.5. The summed E-state index contributed by atoms with van der Waals surface area (Å²) in [6, 6.07) is 5.44. The van der Waals surface area contributed by atoms with Crippen LogP contribution in [0.4, 0.5) is 0 Å². The van der Waals surface area contributed by atoms with E-state index in [9.17, 15) is 4.79 Å². The van der Waals surface area contributed by atoms with Crippen LogP contribution in [0.2, 0.25) is 5.02 Å². The highest BCUT2D eigenvalue weighted by Gasteiger charge is 2.03. The quantitative estimate of drug-likeness (QED) is 0.910. The number of halogens is 2. The Bertz CT molecular complexity index is 325. The van der Waals surface area contributed by atoms with Crippen molar-refractivity contribution in [3.05, 3.63) is 33.3 Å². The minimum atomic E-state index is -0.806. The summed E-state index contributed by atoms with van der Waals surface area (Å²) in [6.45, 7) is 0. The van der Waals surface area contributed by atoms with Gasteiger partial charge in [-0.25, -0.2) is 0 Å². The fraction of sp³-hybridized carbons (Fsp3) is 0.222. The molecule has 0 aromatic heterocycles. The molecule has 13 heavy (non-hydrogen) atoms. The van der Waals surface area contributed by atoms with Gasteiger partial charge in [0.15, 0.2) is 0 Å². The van der Waals surface area contributed by atoms with Crippen molar-refractivity contribution in [2.45, 2.75) is 12.8 Å². The van der Waals surface area contributed by atoms with E-state index < -0.39 is 5.97 Å². The zero-order valence-corrected chi connectivity index (χ0v) is 9.10. The summed E-state index contributed by atoms with van der Waals surface area (Å²) in [4.78, 5) is 10.3. The summed E-state index contributed by atoms with van der Waals surface area (Å²) in [5.74, 6) is -0.806. The molecule has 0 aliphatic carbocycles. The molecule has 4 heteroatoms. The van der Waals surface area contributed by atoms with E-state index in [-0.39, 0.29) is 6.42 Å². The second-order valence-electron chi connectivity index (χ2n) is 2.63. The SMILES string of the molecule is O=C(O)CCc1ccc(Br)cc1Cl. The molecule has 0 aliphatic rings. The van der Waals surface area contributed by atoms with Crippen LogP contribution in [-0.2, 0) is 11.2 Å². The maximum Gasteiger partial charge on any atom is 0.303 e. The van der Waals surface area contributed by atoms with Gasteiger partial charge in [-0.05, 0) is 24.1 Å². The Balaban J connectivity index is 2.72. The highest BCUT2D eigenvalue weighted by Crippen LogP contribution is 2.22. The highest BCUT2D eigenvalue weighted by molar-refractivity contribution is 9.10. The summed E-state index contributed by atoms with van der Waals surface area (Å²) in [5, 5.41) is 9.07. The van der Waals surface area contributed by atoms with E-state index in [0.29, 0.717) is 11.4 Å². The first-order chi connectivity index (χ1) is 6.09. The van der Waals surface area contributed by atoms with Crippen LogP contribution in [0.3, 0.4) is 0 Å². The molecule has 0 spiro atoms. The van der Waals surface area contributed by atoms with Crippen LogP contribution in [0.5, 0.6) is 0 Å². The van der Waals surface area contributed by atoms with Gasteiger partial charge in [0.25, 0.3) is 0 Å². The molecule has 0 bridgehead atoms. The molecule has 0 amide bonds. The monoisotopic (exact) mass is 262 g/mol. The Morgan fingerprint density at radius 2 is 2.23 bits per heavy atom. The Kier molecular flexibility index (Phi) is 3.75. The van der Waals surface area contributed by atoms with E-state index in [2.05, 4.69) is 15.9 Å².